The van der Waals surface area contributed by atoms with Crippen molar-refractivity contribution in [2.75, 3.05) is 3.53 Å². The summed E-state index contributed by atoms with van der Waals surface area (Å²) in [4.78, 5) is 4.13. The lowest BCUT2D eigenvalue weighted by atomic mass is 10.4. The van der Waals surface area contributed by atoms with E-state index in [1.165, 1.54) is 12.8 Å². The first-order valence-corrected chi connectivity index (χ1v) is 4.96. The van der Waals surface area contributed by atoms with Crippen molar-refractivity contribution in [3.8, 4) is 5.75 Å². The first kappa shape index (κ1) is 8.10. The van der Waals surface area contributed by atoms with Crippen LogP contribution in [0.25, 0.3) is 0 Å². The highest BCUT2D eigenvalue weighted by molar-refractivity contribution is 14.1. The molecule has 1 saturated carbocycles. The third-order valence-corrected chi connectivity index (χ3v) is 2.21. The summed E-state index contributed by atoms with van der Waals surface area (Å²) in [5.74, 6) is 1.73. The highest BCUT2D eigenvalue weighted by atomic mass is 127. The SMILES string of the molecule is INc1ccc(OC2CC2)cn1. The molecule has 0 aliphatic heterocycles. The van der Waals surface area contributed by atoms with E-state index in [-0.39, 0.29) is 0 Å². The number of ether oxygens (including phenoxy) is 1. The smallest absolute Gasteiger partial charge is 0.138 e. The summed E-state index contributed by atoms with van der Waals surface area (Å²) >= 11 is 2.05. The van der Waals surface area contributed by atoms with E-state index in [0.717, 1.165) is 11.6 Å². The summed E-state index contributed by atoms with van der Waals surface area (Å²) in [5.41, 5.74) is 0. The molecule has 0 bridgehead atoms. The second-order valence-corrected chi connectivity index (χ2v) is 3.33. The van der Waals surface area contributed by atoms with Gasteiger partial charge in [-0.2, -0.15) is 0 Å². The molecule has 3 nitrogen and oxygen atoms in total. The number of hydrogen-bond acceptors (Lipinski definition) is 3. The Hall–Kier alpha value is -0.520. The Kier molecular flexibility index (Phi) is 2.34. The molecule has 0 saturated heterocycles. The van der Waals surface area contributed by atoms with Gasteiger partial charge in [0.05, 0.1) is 35.2 Å². The minimum absolute atomic E-state index is 0.449. The molecule has 1 aromatic heterocycles. The summed E-state index contributed by atoms with van der Waals surface area (Å²) in [6.07, 6.45) is 4.57. The van der Waals surface area contributed by atoms with Crippen LogP contribution in [0.3, 0.4) is 0 Å². The van der Waals surface area contributed by atoms with Crippen LogP contribution in [0.5, 0.6) is 5.75 Å². The number of nitrogens with one attached hydrogen (secondary N) is 1. The second-order valence-electron chi connectivity index (χ2n) is 2.79. The van der Waals surface area contributed by atoms with Crippen molar-refractivity contribution in [3.05, 3.63) is 18.3 Å². The van der Waals surface area contributed by atoms with Gasteiger partial charge in [-0.25, -0.2) is 4.98 Å². The van der Waals surface area contributed by atoms with E-state index in [4.69, 9.17) is 4.74 Å². The summed E-state index contributed by atoms with van der Waals surface area (Å²) < 4.78 is 8.46. The minimum atomic E-state index is 0.449. The van der Waals surface area contributed by atoms with Crippen molar-refractivity contribution in [1.29, 1.82) is 0 Å². The molecule has 1 aliphatic carbocycles. The lowest BCUT2D eigenvalue weighted by Gasteiger charge is -2.03. The van der Waals surface area contributed by atoms with Crippen molar-refractivity contribution >= 4 is 28.7 Å². The van der Waals surface area contributed by atoms with Gasteiger partial charge in [0.15, 0.2) is 0 Å². The number of anilines is 1. The van der Waals surface area contributed by atoms with Crippen LogP contribution in [0.15, 0.2) is 18.3 Å². The molecular formula is C8H9IN2O. The van der Waals surface area contributed by atoms with Gasteiger partial charge in [-0.1, -0.05) is 0 Å². The van der Waals surface area contributed by atoms with Gasteiger partial charge in [0.2, 0.25) is 0 Å². The number of pyridine rings is 1. The van der Waals surface area contributed by atoms with Crippen molar-refractivity contribution in [2.24, 2.45) is 0 Å². The van der Waals surface area contributed by atoms with Gasteiger partial charge < -0.3 is 8.27 Å². The molecule has 0 aromatic carbocycles. The largest absolute Gasteiger partial charge is 0.489 e. The van der Waals surface area contributed by atoms with E-state index in [2.05, 4.69) is 8.51 Å². The number of rotatable bonds is 3. The molecule has 1 N–H and O–H groups in total. The minimum Gasteiger partial charge on any atom is -0.489 e. The van der Waals surface area contributed by atoms with Crippen LogP contribution < -0.4 is 8.27 Å². The Labute approximate surface area is 85.0 Å². The van der Waals surface area contributed by atoms with E-state index in [1.54, 1.807) is 6.20 Å². The van der Waals surface area contributed by atoms with E-state index < -0.39 is 0 Å². The van der Waals surface area contributed by atoms with Crippen LogP contribution in [-0.2, 0) is 0 Å². The fourth-order valence-corrected chi connectivity index (χ4v) is 1.20. The molecule has 1 fully saturated rings. The fraction of sp³-hybridized carbons (Fsp3) is 0.375. The van der Waals surface area contributed by atoms with Crippen molar-refractivity contribution < 1.29 is 4.74 Å². The quantitative estimate of drug-likeness (QED) is 0.680. The van der Waals surface area contributed by atoms with Crippen LogP contribution in [-0.4, -0.2) is 11.1 Å². The van der Waals surface area contributed by atoms with Gasteiger partial charge in [0, 0.05) is 0 Å². The first-order chi connectivity index (χ1) is 5.88. The summed E-state index contributed by atoms with van der Waals surface area (Å²) in [7, 11) is 0. The Morgan fingerprint density at radius 2 is 2.33 bits per heavy atom. The maximum atomic E-state index is 5.53. The molecular weight excluding hydrogens is 267 g/mol. The Balaban J connectivity index is 2.02. The lowest BCUT2D eigenvalue weighted by molar-refractivity contribution is 0.302. The third kappa shape index (κ3) is 2.00. The van der Waals surface area contributed by atoms with E-state index in [9.17, 15) is 0 Å². The number of hydrogen-bond donors (Lipinski definition) is 1. The summed E-state index contributed by atoms with van der Waals surface area (Å²) in [6, 6.07) is 3.84. The second kappa shape index (κ2) is 3.47. The molecule has 1 heterocycles. The Bertz CT molecular complexity index is 258. The standard InChI is InChI=1S/C8H9IN2O/c9-11-8-4-3-7(5-10-8)12-6-1-2-6/h3-6H,1-2H2,(H,10,11). The molecule has 1 aromatic rings. The average molecular weight is 276 g/mol. The predicted molar refractivity (Wildman–Crippen MR) is 55.5 cm³/mol. The molecule has 1 aliphatic rings. The zero-order valence-corrected chi connectivity index (χ0v) is 8.61. The van der Waals surface area contributed by atoms with Crippen LogP contribution in [0.4, 0.5) is 5.82 Å². The molecule has 0 radical (unpaired) electrons. The van der Waals surface area contributed by atoms with Crippen LogP contribution in [0, 0.1) is 0 Å². The maximum Gasteiger partial charge on any atom is 0.138 e. The zero-order valence-electron chi connectivity index (χ0n) is 6.46. The molecule has 2 rings (SSSR count). The van der Waals surface area contributed by atoms with Gasteiger partial charge in [-0.05, 0) is 25.0 Å². The fourth-order valence-electron chi connectivity index (χ4n) is 0.884. The van der Waals surface area contributed by atoms with E-state index >= 15 is 0 Å². The summed E-state index contributed by atoms with van der Waals surface area (Å²) in [5, 5.41) is 0. The van der Waals surface area contributed by atoms with E-state index in [0.29, 0.717) is 6.10 Å². The van der Waals surface area contributed by atoms with E-state index in [1.807, 2.05) is 35.0 Å². The topological polar surface area (TPSA) is 34.1 Å². The highest BCUT2D eigenvalue weighted by Gasteiger charge is 2.23. The van der Waals surface area contributed by atoms with Crippen LogP contribution in [0.1, 0.15) is 12.8 Å². The van der Waals surface area contributed by atoms with Crippen LogP contribution >= 0.6 is 22.9 Å². The normalized spacial score (nSPS) is 15.8. The molecule has 0 atom stereocenters. The number of nitrogens with zero attached hydrogens (tertiary/aromatic N) is 1. The van der Waals surface area contributed by atoms with Crippen molar-refractivity contribution in [1.82, 2.24) is 4.98 Å². The third-order valence-electron chi connectivity index (χ3n) is 1.66. The number of aromatic nitrogens is 1. The molecule has 64 valence electrons. The molecule has 12 heavy (non-hydrogen) atoms. The Morgan fingerprint density at radius 1 is 1.50 bits per heavy atom. The molecule has 0 spiro atoms. The monoisotopic (exact) mass is 276 g/mol. The predicted octanol–water partition coefficient (Wildman–Crippen LogP) is 2.38. The lowest BCUT2D eigenvalue weighted by Crippen LogP contribution is -1.96. The van der Waals surface area contributed by atoms with Crippen LogP contribution in [0.2, 0.25) is 0 Å². The molecule has 4 heteroatoms. The molecule has 0 amide bonds. The average Bonchev–Trinajstić information content (AvgIpc) is 2.90. The summed E-state index contributed by atoms with van der Waals surface area (Å²) in [6.45, 7) is 0. The zero-order chi connectivity index (χ0) is 8.39. The van der Waals surface area contributed by atoms with Gasteiger partial charge in [0.1, 0.15) is 11.6 Å². The first-order valence-electron chi connectivity index (χ1n) is 3.88. The van der Waals surface area contributed by atoms with Gasteiger partial charge >= 0.3 is 0 Å². The Morgan fingerprint density at radius 3 is 2.83 bits per heavy atom. The highest BCUT2D eigenvalue weighted by Crippen LogP contribution is 2.26. The van der Waals surface area contributed by atoms with Gasteiger partial charge in [-0.3, -0.25) is 0 Å². The van der Waals surface area contributed by atoms with Crippen molar-refractivity contribution in [3.63, 3.8) is 0 Å². The maximum absolute atomic E-state index is 5.53. The van der Waals surface area contributed by atoms with Crippen molar-refractivity contribution in [2.45, 2.75) is 18.9 Å². The van der Waals surface area contributed by atoms with Gasteiger partial charge in [-0.15, -0.1) is 0 Å². The number of halogens is 1. The molecule has 0 unspecified atom stereocenters. The van der Waals surface area contributed by atoms with Gasteiger partial charge in [0.25, 0.3) is 0 Å².